The van der Waals surface area contributed by atoms with Crippen LogP contribution in [0.25, 0.3) is 11.4 Å². The fourth-order valence-electron chi connectivity index (χ4n) is 2.55. The van der Waals surface area contributed by atoms with E-state index in [1.807, 2.05) is 12.1 Å². The van der Waals surface area contributed by atoms with Crippen LogP contribution in [0.2, 0.25) is 0 Å². The number of aromatic nitrogens is 3. The van der Waals surface area contributed by atoms with Crippen LogP contribution in [0.4, 0.5) is 5.95 Å². The number of anilines is 1. The Balaban J connectivity index is 1.92. The van der Waals surface area contributed by atoms with E-state index in [0.29, 0.717) is 6.04 Å². The molecule has 1 N–H and O–H groups in total. The highest BCUT2D eigenvalue weighted by atomic mass is 32.2. The van der Waals surface area contributed by atoms with Crippen molar-refractivity contribution in [2.24, 2.45) is 0 Å². The summed E-state index contributed by atoms with van der Waals surface area (Å²) in [6, 6.07) is 8.66. The lowest BCUT2D eigenvalue weighted by Gasteiger charge is -2.23. The van der Waals surface area contributed by atoms with E-state index in [-0.39, 0.29) is 0 Å². The number of thioether (sulfide) groups is 1. The van der Waals surface area contributed by atoms with Crippen molar-refractivity contribution in [1.29, 1.82) is 0 Å². The molecule has 3 rings (SSSR count). The molecule has 0 amide bonds. The lowest BCUT2D eigenvalue weighted by atomic mass is 10.2. The van der Waals surface area contributed by atoms with Crippen LogP contribution in [0.3, 0.4) is 0 Å². The number of benzene rings is 1. The Morgan fingerprint density at radius 2 is 2.14 bits per heavy atom. The van der Waals surface area contributed by atoms with Gasteiger partial charge in [0.1, 0.15) is 6.33 Å². The molecule has 0 saturated carbocycles. The Bertz CT molecular complexity index is 613. The van der Waals surface area contributed by atoms with Gasteiger partial charge in [-0.1, -0.05) is 18.2 Å². The van der Waals surface area contributed by atoms with Gasteiger partial charge in [0.2, 0.25) is 5.95 Å². The normalized spacial score (nSPS) is 17.9. The Kier molecular flexibility index (Phi) is 4.36. The van der Waals surface area contributed by atoms with Crippen LogP contribution in [-0.2, 0) is 0 Å². The molecule has 1 saturated heterocycles. The Hall–Kier alpha value is -1.66. The molecule has 1 atom stereocenters. The van der Waals surface area contributed by atoms with Gasteiger partial charge in [0.15, 0.2) is 5.82 Å². The summed E-state index contributed by atoms with van der Waals surface area (Å²) in [5.41, 5.74) is 1.06. The van der Waals surface area contributed by atoms with Gasteiger partial charge in [0.05, 0.1) is 0 Å². The third-order valence-corrected chi connectivity index (χ3v) is 4.60. The van der Waals surface area contributed by atoms with E-state index in [1.54, 1.807) is 18.1 Å². The maximum Gasteiger partial charge on any atom is 0.228 e. The molecule has 1 aliphatic heterocycles. The molecule has 0 radical (unpaired) electrons. The van der Waals surface area contributed by atoms with Crippen molar-refractivity contribution < 1.29 is 0 Å². The summed E-state index contributed by atoms with van der Waals surface area (Å²) in [5, 5.41) is 3.37. The van der Waals surface area contributed by atoms with E-state index in [1.165, 1.54) is 4.90 Å². The van der Waals surface area contributed by atoms with Crippen molar-refractivity contribution in [1.82, 2.24) is 20.3 Å². The minimum Gasteiger partial charge on any atom is -0.339 e. The summed E-state index contributed by atoms with van der Waals surface area (Å²) >= 11 is 1.71. The zero-order chi connectivity index (χ0) is 14.7. The molecular weight excluding hydrogens is 282 g/mol. The van der Waals surface area contributed by atoms with Crippen molar-refractivity contribution in [3.05, 3.63) is 30.6 Å². The second-order valence-electron chi connectivity index (χ2n) is 5.07. The first-order chi connectivity index (χ1) is 10.3. The highest BCUT2D eigenvalue weighted by Gasteiger charge is 2.21. The minimum absolute atomic E-state index is 0.455. The Morgan fingerprint density at radius 1 is 1.29 bits per heavy atom. The lowest BCUT2D eigenvalue weighted by molar-refractivity contribution is 0.666. The predicted octanol–water partition coefficient (Wildman–Crippen LogP) is 2.06. The Morgan fingerprint density at radius 3 is 2.90 bits per heavy atom. The van der Waals surface area contributed by atoms with Gasteiger partial charge < -0.3 is 10.2 Å². The number of hydrogen-bond acceptors (Lipinski definition) is 6. The molecule has 1 aromatic carbocycles. The molecule has 2 heterocycles. The van der Waals surface area contributed by atoms with Crippen molar-refractivity contribution in [3.63, 3.8) is 0 Å². The summed E-state index contributed by atoms with van der Waals surface area (Å²) in [5.74, 6) is 1.48. The first kappa shape index (κ1) is 14.3. The van der Waals surface area contributed by atoms with Crippen molar-refractivity contribution in [3.8, 4) is 11.4 Å². The van der Waals surface area contributed by atoms with E-state index >= 15 is 0 Å². The molecule has 1 aromatic heterocycles. The fraction of sp³-hybridized carbons (Fsp3) is 0.400. The van der Waals surface area contributed by atoms with Crippen LogP contribution >= 0.6 is 11.8 Å². The van der Waals surface area contributed by atoms with Crippen LogP contribution in [0, 0.1) is 0 Å². The van der Waals surface area contributed by atoms with Crippen molar-refractivity contribution in [2.45, 2.75) is 17.4 Å². The molecule has 2 aromatic rings. The van der Waals surface area contributed by atoms with Crippen LogP contribution in [-0.4, -0.2) is 47.4 Å². The molecule has 0 spiro atoms. The maximum absolute atomic E-state index is 4.66. The van der Waals surface area contributed by atoms with Gasteiger partial charge in [0.25, 0.3) is 0 Å². The predicted molar refractivity (Wildman–Crippen MR) is 86.7 cm³/mol. The molecule has 110 valence electrons. The number of likely N-dealkylation sites (N-methyl/N-ethyl adjacent to an activating group) is 1. The molecule has 1 unspecified atom stereocenters. The second-order valence-corrected chi connectivity index (χ2v) is 5.91. The van der Waals surface area contributed by atoms with Crippen LogP contribution in [0.1, 0.15) is 6.42 Å². The maximum atomic E-state index is 4.66. The van der Waals surface area contributed by atoms with Gasteiger partial charge in [-0.05, 0) is 25.3 Å². The van der Waals surface area contributed by atoms with E-state index in [2.05, 4.69) is 50.6 Å². The molecule has 0 bridgehead atoms. The largest absolute Gasteiger partial charge is 0.339 e. The number of rotatable bonds is 4. The van der Waals surface area contributed by atoms with Crippen molar-refractivity contribution in [2.75, 3.05) is 31.3 Å². The monoisotopic (exact) mass is 301 g/mol. The molecule has 0 aliphatic carbocycles. The first-order valence-corrected chi connectivity index (χ1v) is 8.28. The van der Waals surface area contributed by atoms with Gasteiger partial charge in [-0.15, -0.1) is 11.8 Å². The van der Waals surface area contributed by atoms with Crippen molar-refractivity contribution >= 4 is 17.7 Å². The minimum atomic E-state index is 0.455. The van der Waals surface area contributed by atoms with Gasteiger partial charge in [-0.25, -0.2) is 9.97 Å². The summed E-state index contributed by atoms with van der Waals surface area (Å²) < 4.78 is 0. The summed E-state index contributed by atoms with van der Waals surface area (Å²) in [6.45, 7) is 2.04. The van der Waals surface area contributed by atoms with Gasteiger partial charge >= 0.3 is 0 Å². The summed E-state index contributed by atoms with van der Waals surface area (Å²) in [6.07, 6.45) is 4.80. The van der Waals surface area contributed by atoms with Gasteiger partial charge in [0, 0.05) is 30.1 Å². The number of nitrogens with zero attached hydrogens (tertiary/aromatic N) is 4. The lowest BCUT2D eigenvalue weighted by Crippen LogP contribution is -2.34. The van der Waals surface area contributed by atoms with E-state index < -0.39 is 0 Å². The molecule has 1 aliphatic rings. The fourth-order valence-corrected chi connectivity index (χ4v) is 3.14. The highest BCUT2D eigenvalue weighted by molar-refractivity contribution is 7.98. The molecule has 1 fully saturated rings. The summed E-state index contributed by atoms with van der Waals surface area (Å²) in [4.78, 5) is 16.7. The molecule has 21 heavy (non-hydrogen) atoms. The number of nitrogens with one attached hydrogen (secondary N) is 1. The second kappa shape index (κ2) is 6.41. The molecule has 6 heteroatoms. The van der Waals surface area contributed by atoms with E-state index in [4.69, 9.17) is 0 Å². The average molecular weight is 301 g/mol. The van der Waals surface area contributed by atoms with Crippen LogP contribution in [0.5, 0.6) is 0 Å². The van der Waals surface area contributed by atoms with Crippen LogP contribution in [0.15, 0.2) is 35.5 Å². The molecule has 5 nitrogen and oxygen atoms in total. The standard InChI is InChI=1S/C15H19N5S/c1-20(11-7-8-16-9-11)15-18-10-17-14(19-15)12-5-3-4-6-13(12)21-2/h3-6,10-11,16H,7-9H2,1-2H3. The third-order valence-electron chi connectivity index (χ3n) is 3.80. The third kappa shape index (κ3) is 3.01. The smallest absolute Gasteiger partial charge is 0.228 e. The first-order valence-electron chi connectivity index (χ1n) is 7.05. The van der Waals surface area contributed by atoms with E-state index in [0.717, 1.165) is 36.8 Å². The number of hydrogen-bond donors (Lipinski definition) is 1. The van der Waals surface area contributed by atoms with E-state index in [9.17, 15) is 0 Å². The molecular formula is C15H19N5S. The zero-order valence-corrected chi connectivity index (χ0v) is 13.1. The average Bonchev–Trinajstić information content (AvgIpc) is 3.08. The summed E-state index contributed by atoms with van der Waals surface area (Å²) in [7, 11) is 2.05. The Labute approximate surface area is 129 Å². The zero-order valence-electron chi connectivity index (χ0n) is 12.3. The van der Waals surface area contributed by atoms with Gasteiger partial charge in [-0.2, -0.15) is 4.98 Å². The van der Waals surface area contributed by atoms with Crippen LogP contribution < -0.4 is 10.2 Å². The quantitative estimate of drug-likeness (QED) is 0.873. The SMILES string of the molecule is CSc1ccccc1-c1ncnc(N(C)C2CCNC2)n1. The van der Waals surface area contributed by atoms with Gasteiger partial charge in [-0.3, -0.25) is 0 Å². The topological polar surface area (TPSA) is 53.9 Å². The highest BCUT2D eigenvalue weighted by Crippen LogP contribution is 2.28.